The molecule has 0 bridgehead atoms. The summed E-state index contributed by atoms with van der Waals surface area (Å²) < 4.78 is 0. The van der Waals surface area contributed by atoms with E-state index in [9.17, 15) is 9.59 Å². The minimum Gasteiger partial charge on any atom is -0.480 e. The summed E-state index contributed by atoms with van der Waals surface area (Å²) in [4.78, 5) is 26.0. The van der Waals surface area contributed by atoms with Crippen molar-refractivity contribution in [2.75, 3.05) is 13.6 Å². The Morgan fingerprint density at radius 2 is 2.00 bits per heavy atom. The number of carboxylic acids is 1. The maximum atomic E-state index is 11.9. The predicted octanol–water partition coefficient (Wildman–Crippen LogP) is 0.750. The lowest BCUT2D eigenvalue weighted by molar-refractivity contribution is -0.141. The van der Waals surface area contributed by atoms with Crippen LogP contribution in [0.5, 0.6) is 0 Å². The van der Waals surface area contributed by atoms with Crippen molar-refractivity contribution in [2.24, 2.45) is 0 Å². The highest BCUT2D eigenvalue weighted by atomic mass is 16.4. The predicted molar refractivity (Wildman–Crippen MR) is 53.5 cm³/mol. The first kappa shape index (κ1) is 10.3. The van der Waals surface area contributed by atoms with E-state index in [-0.39, 0.29) is 6.03 Å². The molecule has 1 heterocycles. The van der Waals surface area contributed by atoms with Crippen LogP contribution in [0.1, 0.15) is 25.7 Å². The number of hydrogen-bond acceptors (Lipinski definition) is 2. The Kier molecular flexibility index (Phi) is 2.54. The van der Waals surface area contributed by atoms with Gasteiger partial charge in [0.25, 0.3) is 0 Å². The molecule has 2 aliphatic rings. The number of urea groups is 1. The third-order valence-electron chi connectivity index (χ3n) is 3.18. The molecule has 84 valence electrons. The SMILES string of the molecule is CN(C(=O)N1CCC[C@H]1C(=O)O)C1CC1. The van der Waals surface area contributed by atoms with Crippen molar-refractivity contribution in [3.05, 3.63) is 0 Å². The highest BCUT2D eigenvalue weighted by molar-refractivity contribution is 5.83. The number of aliphatic carboxylic acids is 1. The van der Waals surface area contributed by atoms with Gasteiger partial charge in [0, 0.05) is 19.6 Å². The molecule has 0 aromatic heterocycles. The van der Waals surface area contributed by atoms with Crippen molar-refractivity contribution in [3.63, 3.8) is 0 Å². The summed E-state index contributed by atoms with van der Waals surface area (Å²) in [5, 5.41) is 8.96. The lowest BCUT2D eigenvalue weighted by atomic mass is 10.2. The minimum absolute atomic E-state index is 0.123. The molecule has 1 aliphatic heterocycles. The fraction of sp³-hybridized carbons (Fsp3) is 0.800. The van der Waals surface area contributed by atoms with E-state index in [2.05, 4.69) is 0 Å². The molecule has 1 aliphatic carbocycles. The number of likely N-dealkylation sites (tertiary alicyclic amines) is 1. The number of carbonyl (C=O) groups excluding carboxylic acids is 1. The quantitative estimate of drug-likeness (QED) is 0.734. The van der Waals surface area contributed by atoms with Gasteiger partial charge in [0.2, 0.25) is 0 Å². The lowest BCUT2D eigenvalue weighted by Crippen LogP contribution is -2.47. The highest BCUT2D eigenvalue weighted by Gasteiger charge is 2.39. The van der Waals surface area contributed by atoms with E-state index in [1.807, 2.05) is 0 Å². The molecule has 2 fully saturated rings. The zero-order chi connectivity index (χ0) is 11.0. The number of hydrogen-bond donors (Lipinski definition) is 1. The van der Waals surface area contributed by atoms with Crippen molar-refractivity contribution < 1.29 is 14.7 Å². The smallest absolute Gasteiger partial charge is 0.326 e. The van der Waals surface area contributed by atoms with Crippen molar-refractivity contribution in [2.45, 2.75) is 37.8 Å². The number of carbonyl (C=O) groups is 2. The molecule has 2 amide bonds. The van der Waals surface area contributed by atoms with Crippen molar-refractivity contribution in [3.8, 4) is 0 Å². The van der Waals surface area contributed by atoms with E-state index < -0.39 is 12.0 Å². The van der Waals surface area contributed by atoms with Crippen LogP contribution >= 0.6 is 0 Å². The molecule has 0 unspecified atom stereocenters. The summed E-state index contributed by atoms with van der Waals surface area (Å²) in [7, 11) is 1.76. The van der Waals surface area contributed by atoms with Crippen molar-refractivity contribution in [1.82, 2.24) is 9.80 Å². The third kappa shape index (κ3) is 1.91. The largest absolute Gasteiger partial charge is 0.480 e. The van der Waals surface area contributed by atoms with Crippen LogP contribution in [0.25, 0.3) is 0 Å². The molecule has 1 N–H and O–H groups in total. The van der Waals surface area contributed by atoms with E-state index in [0.29, 0.717) is 19.0 Å². The molecular formula is C10H16N2O3. The van der Waals surface area contributed by atoms with E-state index in [1.165, 1.54) is 4.90 Å². The Hall–Kier alpha value is -1.26. The van der Waals surface area contributed by atoms with Gasteiger partial charge in [-0.1, -0.05) is 0 Å². The average molecular weight is 212 g/mol. The first-order chi connectivity index (χ1) is 7.11. The second-order valence-corrected chi connectivity index (χ2v) is 4.31. The normalized spacial score (nSPS) is 25.4. The van der Waals surface area contributed by atoms with Crippen LogP contribution < -0.4 is 0 Å². The van der Waals surface area contributed by atoms with Gasteiger partial charge in [0.05, 0.1) is 0 Å². The van der Waals surface area contributed by atoms with Crippen LogP contribution in [-0.2, 0) is 4.79 Å². The molecule has 1 atom stereocenters. The highest BCUT2D eigenvalue weighted by Crippen LogP contribution is 2.28. The average Bonchev–Trinajstić information content (AvgIpc) is 2.92. The number of rotatable bonds is 2. The molecule has 1 saturated heterocycles. The zero-order valence-corrected chi connectivity index (χ0v) is 8.85. The second kappa shape index (κ2) is 3.72. The fourth-order valence-electron chi connectivity index (χ4n) is 2.07. The standard InChI is InChI=1S/C10H16N2O3/c1-11(7-4-5-7)10(15)12-6-2-3-8(12)9(13)14/h7-8H,2-6H2,1H3,(H,13,14)/t8-/m0/s1. The molecule has 0 aromatic carbocycles. The van der Waals surface area contributed by atoms with E-state index >= 15 is 0 Å². The van der Waals surface area contributed by atoms with Gasteiger partial charge in [0.15, 0.2) is 0 Å². The number of amides is 2. The van der Waals surface area contributed by atoms with Gasteiger partial charge in [0.1, 0.15) is 6.04 Å². The first-order valence-electron chi connectivity index (χ1n) is 5.37. The molecule has 1 saturated carbocycles. The number of nitrogens with zero attached hydrogens (tertiary/aromatic N) is 2. The molecular weight excluding hydrogens is 196 g/mol. The lowest BCUT2D eigenvalue weighted by Gasteiger charge is -2.27. The maximum absolute atomic E-state index is 11.9. The van der Waals surface area contributed by atoms with Gasteiger partial charge in [-0.05, 0) is 25.7 Å². The topological polar surface area (TPSA) is 60.9 Å². The molecule has 15 heavy (non-hydrogen) atoms. The molecule has 0 radical (unpaired) electrons. The fourth-order valence-corrected chi connectivity index (χ4v) is 2.07. The summed E-state index contributed by atoms with van der Waals surface area (Å²) in [6.07, 6.45) is 3.47. The molecule has 5 nitrogen and oxygen atoms in total. The molecule has 0 aromatic rings. The Morgan fingerprint density at radius 3 is 2.53 bits per heavy atom. The Bertz CT molecular complexity index is 288. The van der Waals surface area contributed by atoms with Crippen LogP contribution in [0.4, 0.5) is 4.79 Å². The minimum atomic E-state index is -0.884. The monoisotopic (exact) mass is 212 g/mol. The van der Waals surface area contributed by atoms with Gasteiger partial charge in [-0.3, -0.25) is 0 Å². The molecule has 0 spiro atoms. The van der Waals surface area contributed by atoms with Crippen molar-refractivity contribution >= 4 is 12.0 Å². The summed E-state index contributed by atoms with van der Waals surface area (Å²) >= 11 is 0. The molecule has 5 heteroatoms. The van der Waals surface area contributed by atoms with Crippen LogP contribution in [-0.4, -0.2) is 52.6 Å². The van der Waals surface area contributed by atoms with Crippen LogP contribution in [0, 0.1) is 0 Å². The first-order valence-corrected chi connectivity index (χ1v) is 5.37. The van der Waals surface area contributed by atoms with Crippen LogP contribution in [0.3, 0.4) is 0 Å². The van der Waals surface area contributed by atoms with Crippen molar-refractivity contribution in [1.29, 1.82) is 0 Å². The van der Waals surface area contributed by atoms with Gasteiger partial charge in [-0.25, -0.2) is 9.59 Å². The summed E-state index contributed by atoms with van der Waals surface area (Å²) in [6.45, 7) is 0.576. The van der Waals surface area contributed by atoms with E-state index in [0.717, 1.165) is 19.3 Å². The Morgan fingerprint density at radius 1 is 1.33 bits per heavy atom. The van der Waals surface area contributed by atoms with E-state index in [1.54, 1.807) is 11.9 Å². The second-order valence-electron chi connectivity index (χ2n) is 4.31. The van der Waals surface area contributed by atoms with Gasteiger partial charge >= 0.3 is 12.0 Å². The Balaban J connectivity index is 2.01. The van der Waals surface area contributed by atoms with Gasteiger partial charge in [-0.2, -0.15) is 0 Å². The van der Waals surface area contributed by atoms with Gasteiger partial charge in [-0.15, -0.1) is 0 Å². The summed E-state index contributed by atoms with van der Waals surface area (Å²) in [5.41, 5.74) is 0. The van der Waals surface area contributed by atoms with Gasteiger partial charge < -0.3 is 14.9 Å². The number of carboxylic acid groups (broad SMARTS) is 1. The third-order valence-corrected chi connectivity index (χ3v) is 3.18. The Labute approximate surface area is 88.6 Å². The maximum Gasteiger partial charge on any atom is 0.326 e. The van der Waals surface area contributed by atoms with Crippen LogP contribution in [0.2, 0.25) is 0 Å². The summed E-state index contributed by atoms with van der Waals surface area (Å²) in [6, 6.07) is -0.395. The van der Waals surface area contributed by atoms with E-state index in [4.69, 9.17) is 5.11 Å². The van der Waals surface area contributed by atoms with Crippen LogP contribution in [0.15, 0.2) is 0 Å². The molecule has 2 rings (SSSR count). The summed E-state index contributed by atoms with van der Waals surface area (Å²) in [5.74, 6) is -0.884. The zero-order valence-electron chi connectivity index (χ0n) is 8.85.